The Hall–Kier alpha value is -0.960. The fourth-order valence-electron chi connectivity index (χ4n) is 1.89. The Morgan fingerprint density at radius 3 is 2.52 bits per heavy atom. The lowest BCUT2D eigenvalue weighted by atomic mass is 10.1. The first-order valence-corrected chi connectivity index (χ1v) is 8.20. The average molecular weight is 432 g/mol. The zero-order valence-electron chi connectivity index (χ0n) is 11.1. The molecule has 2 nitrogen and oxygen atoms in total. The van der Waals surface area contributed by atoms with Gasteiger partial charge in [-0.2, -0.15) is 5.26 Å². The molecule has 0 heterocycles. The minimum atomic E-state index is 0.517. The molecule has 2 rings (SSSR count). The second kappa shape index (κ2) is 7.88. The van der Waals surface area contributed by atoms with E-state index in [1.54, 1.807) is 18.2 Å². The lowest BCUT2D eigenvalue weighted by Crippen LogP contribution is -2.01. The fraction of sp³-hybridized carbons (Fsp3) is 0.188. The van der Waals surface area contributed by atoms with E-state index in [-0.39, 0.29) is 0 Å². The second-order valence-electron chi connectivity index (χ2n) is 4.42. The van der Waals surface area contributed by atoms with Crippen molar-refractivity contribution in [3.8, 4) is 11.8 Å². The summed E-state index contributed by atoms with van der Waals surface area (Å²) in [5.74, 6) is 0.529. The van der Waals surface area contributed by atoms with Gasteiger partial charge in [-0.25, -0.2) is 0 Å². The Morgan fingerprint density at radius 2 is 1.86 bits per heavy atom. The SMILES string of the molecule is N#Cc1ccc(I)c(CCCOc2c(Cl)cccc2Cl)c1. The largest absolute Gasteiger partial charge is 0.490 e. The summed E-state index contributed by atoms with van der Waals surface area (Å²) in [6, 6.07) is 13.1. The predicted molar refractivity (Wildman–Crippen MR) is 94.2 cm³/mol. The molecule has 0 N–H and O–H groups in total. The summed E-state index contributed by atoms with van der Waals surface area (Å²) in [6.45, 7) is 0.524. The third-order valence-electron chi connectivity index (χ3n) is 2.93. The zero-order chi connectivity index (χ0) is 15.2. The Bertz CT molecular complexity index is 662. The Kier molecular flexibility index (Phi) is 6.16. The van der Waals surface area contributed by atoms with Crippen LogP contribution in [0.1, 0.15) is 17.5 Å². The van der Waals surface area contributed by atoms with Crippen LogP contribution in [-0.4, -0.2) is 6.61 Å². The van der Waals surface area contributed by atoms with Gasteiger partial charge in [0.2, 0.25) is 0 Å². The smallest absolute Gasteiger partial charge is 0.156 e. The summed E-state index contributed by atoms with van der Waals surface area (Å²) in [7, 11) is 0. The third-order valence-corrected chi connectivity index (χ3v) is 4.58. The first kappa shape index (κ1) is 16.4. The van der Waals surface area contributed by atoms with E-state index in [2.05, 4.69) is 28.7 Å². The van der Waals surface area contributed by atoms with Crippen LogP contribution in [0.25, 0.3) is 0 Å². The molecular weight excluding hydrogens is 420 g/mol. The van der Waals surface area contributed by atoms with Crippen molar-refractivity contribution in [3.05, 3.63) is 61.1 Å². The minimum absolute atomic E-state index is 0.517. The van der Waals surface area contributed by atoms with Gasteiger partial charge in [0.05, 0.1) is 28.3 Å². The molecule has 0 aliphatic carbocycles. The standard InChI is InChI=1S/C16H12Cl2INO/c17-13-4-1-5-14(18)16(13)21-8-2-3-12-9-11(10-20)6-7-15(12)19/h1,4-7,9H,2-3,8H2. The Balaban J connectivity index is 1.92. The lowest BCUT2D eigenvalue weighted by molar-refractivity contribution is 0.311. The molecule has 0 saturated heterocycles. The van der Waals surface area contributed by atoms with E-state index in [1.807, 2.05) is 18.2 Å². The Morgan fingerprint density at radius 1 is 1.14 bits per heavy atom. The summed E-state index contributed by atoms with van der Waals surface area (Å²) in [4.78, 5) is 0. The van der Waals surface area contributed by atoms with Crippen LogP contribution in [0, 0.1) is 14.9 Å². The van der Waals surface area contributed by atoms with Gasteiger partial charge in [-0.1, -0.05) is 29.3 Å². The first-order chi connectivity index (χ1) is 10.1. The number of halogens is 3. The lowest BCUT2D eigenvalue weighted by Gasteiger charge is -2.10. The van der Waals surface area contributed by atoms with Crippen molar-refractivity contribution >= 4 is 45.8 Å². The van der Waals surface area contributed by atoms with Gasteiger partial charge in [0.15, 0.2) is 5.75 Å². The monoisotopic (exact) mass is 431 g/mol. The van der Waals surface area contributed by atoms with Gasteiger partial charge in [0, 0.05) is 3.57 Å². The number of hydrogen-bond donors (Lipinski definition) is 0. The van der Waals surface area contributed by atoms with Crippen LogP contribution in [0.5, 0.6) is 5.75 Å². The van der Waals surface area contributed by atoms with E-state index in [9.17, 15) is 0 Å². The van der Waals surface area contributed by atoms with E-state index in [4.69, 9.17) is 33.2 Å². The number of ether oxygens (including phenoxy) is 1. The number of aryl methyl sites for hydroxylation is 1. The molecule has 0 bridgehead atoms. The van der Waals surface area contributed by atoms with Crippen LogP contribution in [0.2, 0.25) is 10.0 Å². The summed E-state index contributed by atoms with van der Waals surface area (Å²) in [5.41, 5.74) is 1.84. The highest BCUT2D eigenvalue weighted by atomic mass is 127. The molecule has 2 aromatic rings. The maximum Gasteiger partial charge on any atom is 0.156 e. The van der Waals surface area contributed by atoms with Gasteiger partial charge < -0.3 is 4.74 Å². The van der Waals surface area contributed by atoms with Crippen molar-refractivity contribution in [2.24, 2.45) is 0 Å². The number of hydrogen-bond acceptors (Lipinski definition) is 2. The molecule has 0 aromatic heterocycles. The molecule has 0 aliphatic heterocycles. The molecule has 0 spiro atoms. The fourth-order valence-corrected chi connectivity index (χ4v) is 3.00. The molecule has 0 saturated carbocycles. The number of rotatable bonds is 5. The normalized spacial score (nSPS) is 10.2. The number of para-hydroxylation sites is 1. The summed E-state index contributed by atoms with van der Waals surface area (Å²) in [5, 5.41) is 9.96. The van der Waals surface area contributed by atoms with Crippen molar-refractivity contribution in [2.75, 3.05) is 6.61 Å². The van der Waals surface area contributed by atoms with E-state index < -0.39 is 0 Å². The van der Waals surface area contributed by atoms with Crippen LogP contribution in [0.3, 0.4) is 0 Å². The van der Waals surface area contributed by atoms with Crippen LogP contribution >= 0.6 is 45.8 Å². The van der Waals surface area contributed by atoms with Gasteiger partial charge >= 0.3 is 0 Å². The van der Waals surface area contributed by atoms with Crippen LogP contribution < -0.4 is 4.74 Å². The van der Waals surface area contributed by atoms with Gasteiger partial charge in [0.1, 0.15) is 0 Å². The van der Waals surface area contributed by atoms with Crippen LogP contribution in [0.15, 0.2) is 36.4 Å². The topological polar surface area (TPSA) is 33.0 Å². The molecule has 5 heteroatoms. The summed E-state index contributed by atoms with van der Waals surface area (Å²) < 4.78 is 6.81. The molecule has 21 heavy (non-hydrogen) atoms. The second-order valence-corrected chi connectivity index (χ2v) is 6.40. The summed E-state index contributed by atoms with van der Waals surface area (Å²) in [6.07, 6.45) is 1.67. The van der Waals surface area contributed by atoms with Crippen molar-refractivity contribution < 1.29 is 4.74 Å². The molecule has 0 fully saturated rings. The predicted octanol–water partition coefficient (Wildman–Crippen LogP) is 5.48. The van der Waals surface area contributed by atoms with Crippen molar-refractivity contribution in [2.45, 2.75) is 12.8 Å². The first-order valence-electron chi connectivity index (χ1n) is 6.37. The summed E-state index contributed by atoms with van der Waals surface area (Å²) >= 11 is 14.4. The van der Waals surface area contributed by atoms with Crippen molar-refractivity contribution in [1.82, 2.24) is 0 Å². The van der Waals surface area contributed by atoms with Crippen LogP contribution in [-0.2, 0) is 6.42 Å². The molecule has 0 aliphatic rings. The number of nitriles is 1. The zero-order valence-corrected chi connectivity index (χ0v) is 14.7. The van der Waals surface area contributed by atoms with E-state index in [1.165, 1.54) is 0 Å². The average Bonchev–Trinajstić information content (AvgIpc) is 2.47. The molecule has 108 valence electrons. The highest BCUT2D eigenvalue weighted by Crippen LogP contribution is 2.32. The molecule has 0 radical (unpaired) electrons. The van der Waals surface area contributed by atoms with E-state index in [0.717, 1.165) is 22.0 Å². The number of nitrogens with zero attached hydrogens (tertiary/aromatic N) is 1. The van der Waals surface area contributed by atoms with Crippen molar-refractivity contribution in [1.29, 1.82) is 5.26 Å². The van der Waals surface area contributed by atoms with Gasteiger partial charge in [-0.3, -0.25) is 0 Å². The minimum Gasteiger partial charge on any atom is -0.490 e. The van der Waals surface area contributed by atoms with Gasteiger partial charge in [0.25, 0.3) is 0 Å². The van der Waals surface area contributed by atoms with Gasteiger partial charge in [-0.15, -0.1) is 0 Å². The van der Waals surface area contributed by atoms with Crippen molar-refractivity contribution in [3.63, 3.8) is 0 Å². The van der Waals surface area contributed by atoms with Gasteiger partial charge in [-0.05, 0) is 71.3 Å². The number of benzene rings is 2. The quantitative estimate of drug-likeness (QED) is 0.463. The van der Waals surface area contributed by atoms with E-state index >= 15 is 0 Å². The van der Waals surface area contributed by atoms with Crippen LogP contribution in [0.4, 0.5) is 0 Å². The molecule has 0 amide bonds. The Labute approximate surface area is 147 Å². The highest BCUT2D eigenvalue weighted by Gasteiger charge is 2.07. The highest BCUT2D eigenvalue weighted by molar-refractivity contribution is 14.1. The molecule has 0 unspecified atom stereocenters. The molecular formula is C16H12Cl2INO. The maximum absolute atomic E-state index is 8.93. The third kappa shape index (κ3) is 4.50. The maximum atomic E-state index is 8.93. The molecule has 2 aromatic carbocycles. The van der Waals surface area contributed by atoms with E-state index in [0.29, 0.717) is 28.0 Å². The molecule has 0 atom stereocenters.